The molecule has 1 aromatic carbocycles. The van der Waals surface area contributed by atoms with Gasteiger partial charge in [-0.3, -0.25) is 0 Å². The van der Waals surface area contributed by atoms with Crippen LogP contribution >= 0.6 is 15.9 Å². The molecule has 1 heterocycles. The van der Waals surface area contributed by atoms with Gasteiger partial charge in [0, 0.05) is 10.9 Å². The number of benzene rings is 1. The lowest BCUT2D eigenvalue weighted by atomic mass is 9.75. The molecule has 0 spiro atoms. The topological polar surface area (TPSA) is 73.9 Å². The van der Waals surface area contributed by atoms with Gasteiger partial charge in [-0.25, -0.2) is 9.59 Å². The molecule has 7 heteroatoms. The Morgan fingerprint density at radius 2 is 1.85 bits per heavy atom. The number of rotatable bonds is 5. The van der Waals surface area contributed by atoms with Crippen LogP contribution in [0.2, 0.25) is 0 Å². The molecule has 1 N–H and O–H groups in total. The molecule has 0 aromatic heterocycles. The molecule has 5 atom stereocenters. The lowest BCUT2D eigenvalue weighted by molar-refractivity contribution is -0.164. The van der Waals surface area contributed by atoms with Gasteiger partial charge in [0.15, 0.2) is 5.54 Å². The van der Waals surface area contributed by atoms with Crippen molar-refractivity contribution < 1.29 is 23.8 Å². The third-order valence-electron chi connectivity index (χ3n) is 6.66. The molecule has 184 valence electrons. The predicted octanol–water partition coefficient (Wildman–Crippen LogP) is 6.18. The van der Waals surface area contributed by atoms with Crippen molar-refractivity contribution in [2.45, 2.75) is 90.6 Å². The maximum Gasteiger partial charge on any atom is 0.408 e. The number of hydrogen-bond donors (Lipinski definition) is 1. The molecule has 33 heavy (non-hydrogen) atoms. The van der Waals surface area contributed by atoms with Crippen LogP contribution in [0.3, 0.4) is 0 Å². The zero-order valence-corrected chi connectivity index (χ0v) is 22.2. The van der Waals surface area contributed by atoms with Gasteiger partial charge in [0.05, 0.1) is 12.7 Å². The normalized spacial score (nSPS) is 30.2. The highest BCUT2D eigenvalue weighted by molar-refractivity contribution is 9.10. The Kier molecular flexibility index (Phi) is 8.15. The molecule has 1 aliphatic heterocycles. The van der Waals surface area contributed by atoms with Crippen molar-refractivity contribution in [1.29, 1.82) is 0 Å². The average molecular weight is 524 g/mol. The number of alkyl carbamates (subject to hydrolysis) is 1. The Morgan fingerprint density at radius 1 is 1.18 bits per heavy atom. The minimum Gasteiger partial charge on any atom is -0.460 e. The number of hydrogen-bond acceptors (Lipinski definition) is 5. The van der Waals surface area contributed by atoms with Gasteiger partial charge >= 0.3 is 12.1 Å². The van der Waals surface area contributed by atoms with E-state index < -0.39 is 23.2 Å². The number of halogens is 1. The standard InChI is InChI=1S/C26H38BrNO5/c1-16(2)20-12-7-17(3)13-21(20)32-23(29)26(28-24(30)33-25(4,5)6)14-22(31-15-26)18-8-10-19(27)11-9-18/h8-11,16-17,20-22H,7,12-15H2,1-6H3,(H,28,30)/t17-,20-,21-,22+,26+/m0/s1. The number of carbonyl (C=O) groups excluding carboxylic acids is 2. The van der Waals surface area contributed by atoms with Crippen LogP contribution in [0.25, 0.3) is 0 Å². The summed E-state index contributed by atoms with van der Waals surface area (Å²) in [6.45, 7) is 12.0. The van der Waals surface area contributed by atoms with Gasteiger partial charge in [0.1, 0.15) is 11.7 Å². The average Bonchev–Trinajstić information content (AvgIpc) is 3.12. The number of amides is 1. The highest BCUT2D eigenvalue weighted by atomic mass is 79.9. The first-order valence-corrected chi connectivity index (χ1v) is 12.8. The summed E-state index contributed by atoms with van der Waals surface area (Å²) in [7, 11) is 0. The van der Waals surface area contributed by atoms with E-state index in [9.17, 15) is 9.59 Å². The molecule has 0 radical (unpaired) electrons. The van der Waals surface area contributed by atoms with E-state index in [1.807, 2.05) is 24.3 Å². The maximum atomic E-state index is 13.7. The lowest BCUT2D eigenvalue weighted by Gasteiger charge is -2.38. The Morgan fingerprint density at radius 3 is 2.45 bits per heavy atom. The predicted molar refractivity (Wildman–Crippen MR) is 131 cm³/mol. The molecule has 0 bridgehead atoms. The van der Waals surface area contributed by atoms with Gasteiger partial charge in [-0.05, 0) is 69.1 Å². The molecule has 1 aliphatic carbocycles. The molecule has 0 unspecified atom stereocenters. The van der Waals surface area contributed by atoms with Gasteiger partial charge in [-0.1, -0.05) is 55.3 Å². The molecule has 1 saturated heterocycles. The molecular weight excluding hydrogens is 486 g/mol. The van der Waals surface area contributed by atoms with Crippen molar-refractivity contribution >= 4 is 28.0 Å². The van der Waals surface area contributed by atoms with Crippen LogP contribution in [-0.4, -0.2) is 35.9 Å². The van der Waals surface area contributed by atoms with Crippen molar-refractivity contribution in [2.75, 3.05) is 6.61 Å². The monoisotopic (exact) mass is 523 g/mol. The summed E-state index contributed by atoms with van der Waals surface area (Å²) < 4.78 is 18.6. The van der Waals surface area contributed by atoms with E-state index in [2.05, 4.69) is 42.0 Å². The van der Waals surface area contributed by atoms with Gasteiger partial charge in [-0.2, -0.15) is 0 Å². The van der Waals surface area contributed by atoms with Gasteiger partial charge < -0.3 is 19.5 Å². The van der Waals surface area contributed by atoms with Crippen LogP contribution in [-0.2, 0) is 19.0 Å². The van der Waals surface area contributed by atoms with Crippen molar-refractivity contribution in [1.82, 2.24) is 5.32 Å². The van der Waals surface area contributed by atoms with Crippen molar-refractivity contribution in [3.8, 4) is 0 Å². The van der Waals surface area contributed by atoms with E-state index in [-0.39, 0.29) is 18.8 Å². The molecule has 1 saturated carbocycles. The number of esters is 1. The van der Waals surface area contributed by atoms with E-state index in [1.165, 1.54) is 0 Å². The molecular formula is C26H38BrNO5. The van der Waals surface area contributed by atoms with Crippen molar-refractivity contribution in [3.63, 3.8) is 0 Å². The second-order valence-corrected chi connectivity index (χ2v) is 11.9. The zero-order chi connectivity index (χ0) is 24.4. The Bertz CT molecular complexity index is 834. The summed E-state index contributed by atoms with van der Waals surface area (Å²) in [5.74, 6) is 0.800. The summed E-state index contributed by atoms with van der Waals surface area (Å²) in [6.07, 6.45) is 2.19. The van der Waals surface area contributed by atoms with Crippen LogP contribution in [0.1, 0.15) is 78.9 Å². The van der Waals surface area contributed by atoms with Gasteiger partial charge in [0.25, 0.3) is 0 Å². The molecule has 2 fully saturated rings. The van der Waals surface area contributed by atoms with Crippen molar-refractivity contribution in [3.05, 3.63) is 34.3 Å². The largest absolute Gasteiger partial charge is 0.460 e. The quantitative estimate of drug-likeness (QED) is 0.466. The SMILES string of the molecule is CC(C)[C@@H]1CC[C@H](C)C[C@@H]1OC(=O)[C@]1(NC(=O)OC(C)(C)C)CO[C@@H](c2ccc(Br)cc2)C1. The minimum atomic E-state index is -1.29. The van der Waals surface area contributed by atoms with Crippen LogP contribution in [0, 0.1) is 17.8 Å². The van der Waals surface area contributed by atoms with Crippen LogP contribution in [0.4, 0.5) is 4.79 Å². The van der Waals surface area contributed by atoms with E-state index in [1.54, 1.807) is 20.8 Å². The Hall–Kier alpha value is -1.60. The molecule has 1 aromatic rings. The smallest absolute Gasteiger partial charge is 0.408 e. The fourth-order valence-electron chi connectivity index (χ4n) is 4.85. The molecule has 3 rings (SSSR count). The molecule has 6 nitrogen and oxygen atoms in total. The first kappa shape index (κ1) is 26.0. The van der Waals surface area contributed by atoms with E-state index in [0.717, 1.165) is 29.3 Å². The van der Waals surface area contributed by atoms with Crippen molar-refractivity contribution in [2.24, 2.45) is 17.8 Å². The summed E-state index contributed by atoms with van der Waals surface area (Å²) in [5, 5.41) is 2.83. The molecule has 1 amide bonds. The zero-order valence-electron chi connectivity index (χ0n) is 20.7. The first-order valence-electron chi connectivity index (χ1n) is 12.0. The first-order chi connectivity index (χ1) is 15.4. The summed E-state index contributed by atoms with van der Waals surface area (Å²) in [5.41, 5.74) is -1.02. The number of nitrogens with one attached hydrogen (secondary N) is 1. The fourth-order valence-corrected chi connectivity index (χ4v) is 5.11. The van der Waals surface area contributed by atoms with E-state index in [0.29, 0.717) is 24.2 Å². The maximum absolute atomic E-state index is 13.7. The summed E-state index contributed by atoms with van der Waals surface area (Å²) in [6, 6.07) is 7.80. The lowest BCUT2D eigenvalue weighted by Crippen LogP contribution is -2.58. The van der Waals surface area contributed by atoms with Crippen LogP contribution in [0.5, 0.6) is 0 Å². The molecule has 2 aliphatic rings. The van der Waals surface area contributed by atoms with Gasteiger partial charge in [0.2, 0.25) is 0 Å². The number of ether oxygens (including phenoxy) is 3. The highest BCUT2D eigenvalue weighted by Gasteiger charge is 2.51. The van der Waals surface area contributed by atoms with E-state index in [4.69, 9.17) is 14.2 Å². The second kappa shape index (κ2) is 10.3. The highest BCUT2D eigenvalue weighted by Crippen LogP contribution is 2.40. The fraction of sp³-hybridized carbons (Fsp3) is 0.692. The van der Waals surface area contributed by atoms with Gasteiger partial charge in [-0.15, -0.1) is 0 Å². The van der Waals surface area contributed by atoms with Crippen LogP contribution in [0.15, 0.2) is 28.7 Å². The third kappa shape index (κ3) is 6.72. The van der Waals surface area contributed by atoms with Crippen LogP contribution < -0.4 is 5.32 Å². The second-order valence-electron chi connectivity index (χ2n) is 11.0. The summed E-state index contributed by atoms with van der Waals surface area (Å²) in [4.78, 5) is 26.4. The summed E-state index contributed by atoms with van der Waals surface area (Å²) >= 11 is 3.45. The Labute approximate surface area is 206 Å². The minimum absolute atomic E-state index is 0.0421. The Balaban J connectivity index is 1.82. The number of carbonyl (C=O) groups is 2. The van der Waals surface area contributed by atoms with E-state index >= 15 is 0 Å². The third-order valence-corrected chi connectivity index (χ3v) is 7.19.